The summed E-state index contributed by atoms with van der Waals surface area (Å²) in [6, 6.07) is 9.16. The molecule has 88 valence electrons. The van der Waals surface area contributed by atoms with Gasteiger partial charge in [-0.05, 0) is 49.9 Å². The second kappa shape index (κ2) is 5.90. The van der Waals surface area contributed by atoms with Gasteiger partial charge < -0.3 is 10.1 Å². The van der Waals surface area contributed by atoms with E-state index in [9.17, 15) is 0 Å². The van der Waals surface area contributed by atoms with Gasteiger partial charge in [-0.1, -0.05) is 18.6 Å². The highest BCUT2D eigenvalue weighted by atomic mass is 16.5. The molecule has 2 nitrogen and oxygen atoms in total. The molecule has 0 spiro atoms. The highest BCUT2D eigenvalue weighted by molar-refractivity contribution is 5.27. The van der Waals surface area contributed by atoms with Crippen molar-refractivity contribution in [2.75, 3.05) is 13.7 Å². The predicted molar refractivity (Wildman–Crippen MR) is 67.0 cm³/mol. The van der Waals surface area contributed by atoms with Crippen LogP contribution in [0.2, 0.25) is 0 Å². The Morgan fingerprint density at radius 2 is 2.06 bits per heavy atom. The largest absolute Gasteiger partial charge is 0.497 e. The Kier molecular flexibility index (Phi) is 4.23. The van der Waals surface area contributed by atoms with Crippen LogP contribution >= 0.6 is 0 Å². The number of hydrogen-bond acceptors (Lipinski definition) is 2. The van der Waals surface area contributed by atoms with Crippen LogP contribution in [0.15, 0.2) is 24.3 Å². The number of methoxy groups -OCH3 is 1. The predicted octanol–water partition coefficient (Wildman–Crippen LogP) is 2.77. The third-order valence-electron chi connectivity index (χ3n) is 3.35. The van der Waals surface area contributed by atoms with Crippen molar-refractivity contribution in [3.05, 3.63) is 29.8 Å². The van der Waals surface area contributed by atoms with Gasteiger partial charge in [0.2, 0.25) is 0 Å². The molecule has 1 aromatic rings. The lowest BCUT2D eigenvalue weighted by Gasteiger charge is -2.23. The fraction of sp³-hybridized carbons (Fsp3) is 0.571. The maximum absolute atomic E-state index is 5.15. The Hall–Kier alpha value is -1.02. The van der Waals surface area contributed by atoms with Crippen LogP contribution in [0.4, 0.5) is 0 Å². The first-order valence-corrected chi connectivity index (χ1v) is 6.25. The summed E-state index contributed by atoms with van der Waals surface area (Å²) in [5.41, 5.74) is 1.41. The number of hydrogen-bond donors (Lipinski definition) is 1. The van der Waals surface area contributed by atoms with Crippen LogP contribution < -0.4 is 10.1 Å². The molecule has 1 heterocycles. The zero-order chi connectivity index (χ0) is 11.2. The van der Waals surface area contributed by atoms with Crippen LogP contribution in [0, 0.1) is 0 Å². The average molecular weight is 219 g/mol. The molecule has 0 amide bonds. The number of ether oxygens (including phenoxy) is 1. The molecule has 2 rings (SSSR count). The second-order valence-electron chi connectivity index (χ2n) is 4.53. The van der Waals surface area contributed by atoms with Crippen LogP contribution in [-0.2, 0) is 6.42 Å². The molecule has 1 aliphatic rings. The minimum Gasteiger partial charge on any atom is -0.497 e. The summed E-state index contributed by atoms with van der Waals surface area (Å²) in [5.74, 6) is 0.944. The first-order chi connectivity index (χ1) is 7.88. The van der Waals surface area contributed by atoms with Crippen molar-refractivity contribution in [1.82, 2.24) is 5.32 Å². The summed E-state index contributed by atoms with van der Waals surface area (Å²) in [4.78, 5) is 0. The Labute approximate surface area is 98.0 Å². The smallest absolute Gasteiger partial charge is 0.118 e. The number of aryl methyl sites for hydroxylation is 1. The summed E-state index contributed by atoms with van der Waals surface area (Å²) < 4.78 is 5.15. The van der Waals surface area contributed by atoms with E-state index in [0.29, 0.717) is 0 Å². The molecule has 1 aromatic carbocycles. The summed E-state index contributed by atoms with van der Waals surface area (Å²) in [6.45, 7) is 1.20. The minimum absolute atomic E-state index is 0.732. The molecule has 0 bridgehead atoms. The molecule has 0 aliphatic carbocycles. The van der Waals surface area contributed by atoms with Crippen LogP contribution in [0.3, 0.4) is 0 Å². The van der Waals surface area contributed by atoms with Crippen molar-refractivity contribution in [3.63, 3.8) is 0 Å². The molecule has 1 aliphatic heterocycles. The van der Waals surface area contributed by atoms with Crippen LogP contribution in [0.25, 0.3) is 0 Å². The lowest BCUT2D eigenvalue weighted by molar-refractivity contribution is 0.382. The van der Waals surface area contributed by atoms with Crippen molar-refractivity contribution in [1.29, 1.82) is 0 Å². The Morgan fingerprint density at radius 3 is 2.69 bits per heavy atom. The standard InChI is InChI=1S/C14H21NO/c1-16-14-9-6-12(7-10-14)5-8-13-4-2-3-11-15-13/h6-7,9-10,13,15H,2-5,8,11H2,1H3/t13-/m1/s1. The number of benzene rings is 1. The lowest BCUT2D eigenvalue weighted by Crippen LogP contribution is -2.34. The third kappa shape index (κ3) is 3.24. The van der Waals surface area contributed by atoms with Crippen LogP contribution in [0.1, 0.15) is 31.2 Å². The van der Waals surface area contributed by atoms with E-state index in [2.05, 4.69) is 17.4 Å². The van der Waals surface area contributed by atoms with Gasteiger partial charge in [-0.25, -0.2) is 0 Å². The minimum atomic E-state index is 0.732. The third-order valence-corrected chi connectivity index (χ3v) is 3.35. The molecule has 0 saturated carbocycles. The SMILES string of the molecule is COc1ccc(CC[C@H]2CCCCN2)cc1. The van der Waals surface area contributed by atoms with Crippen molar-refractivity contribution < 1.29 is 4.74 Å². The van der Waals surface area contributed by atoms with E-state index in [1.165, 1.54) is 44.2 Å². The zero-order valence-electron chi connectivity index (χ0n) is 10.0. The van der Waals surface area contributed by atoms with E-state index in [-0.39, 0.29) is 0 Å². The van der Waals surface area contributed by atoms with Gasteiger partial charge in [-0.15, -0.1) is 0 Å². The maximum atomic E-state index is 5.15. The van der Waals surface area contributed by atoms with Gasteiger partial charge in [0.15, 0.2) is 0 Å². The van der Waals surface area contributed by atoms with E-state index in [1.807, 2.05) is 12.1 Å². The van der Waals surface area contributed by atoms with E-state index < -0.39 is 0 Å². The van der Waals surface area contributed by atoms with Crippen molar-refractivity contribution in [2.24, 2.45) is 0 Å². The van der Waals surface area contributed by atoms with Crippen molar-refractivity contribution in [3.8, 4) is 5.75 Å². The molecule has 16 heavy (non-hydrogen) atoms. The van der Waals surface area contributed by atoms with Crippen LogP contribution in [0.5, 0.6) is 5.75 Å². The fourth-order valence-corrected chi connectivity index (χ4v) is 2.30. The van der Waals surface area contributed by atoms with Gasteiger partial charge >= 0.3 is 0 Å². The number of piperidine rings is 1. The Bertz CT molecular complexity index is 301. The van der Waals surface area contributed by atoms with E-state index in [4.69, 9.17) is 4.74 Å². The molecule has 1 fully saturated rings. The van der Waals surface area contributed by atoms with Gasteiger partial charge in [0.1, 0.15) is 5.75 Å². The summed E-state index contributed by atoms with van der Waals surface area (Å²) in [5, 5.41) is 3.59. The van der Waals surface area contributed by atoms with E-state index >= 15 is 0 Å². The average Bonchev–Trinajstić information content (AvgIpc) is 2.38. The Morgan fingerprint density at radius 1 is 1.25 bits per heavy atom. The molecule has 1 saturated heterocycles. The second-order valence-corrected chi connectivity index (χ2v) is 4.53. The van der Waals surface area contributed by atoms with Gasteiger partial charge in [-0.3, -0.25) is 0 Å². The summed E-state index contributed by atoms with van der Waals surface area (Å²) in [7, 11) is 1.71. The van der Waals surface area contributed by atoms with Gasteiger partial charge in [-0.2, -0.15) is 0 Å². The number of rotatable bonds is 4. The highest BCUT2D eigenvalue weighted by Gasteiger charge is 2.11. The van der Waals surface area contributed by atoms with Gasteiger partial charge in [0.05, 0.1) is 7.11 Å². The maximum Gasteiger partial charge on any atom is 0.118 e. The molecule has 0 aromatic heterocycles. The molecule has 0 radical (unpaired) electrons. The topological polar surface area (TPSA) is 21.3 Å². The molecular formula is C14H21NO. The monoisotopic (exact) mass is 219 g/mol. The van der Waals surface area contributed by atoms with Gasteiger partial charge in [0.25, 0.3) is 0 Å². The van der Waals surface area contributed by atoms with Crippen molar-refractivity contribution in [2.45, 2.75) is 38.1 Å². The normalized spacial score (nSPS) is 20.7. The van der Waals surface area contributed by atoms with Crippen LogP contribution in [-0.4, -0.2) is 19.7 Å². The lowest BCUT2D eigenvalue weighted by atomic mass is 9.98. The quantitative estimate of drug-likeness (QED) is 0.840. The summed E-state index contributed by atoms with van der Waals surface area (Å²) in [6.07, 6.45) is 6.50. The molecule has 1 atom stereocenters. The number of nitrogens with one attached hydrogen (secondary N) is 1. The van der Waals surface area contributed by atoms with E-state index in [1.54, 1.807) is 7.11 Å². The molecule has 2 heteroatoms. The van der Waals surface area contributed by atoms with Gasteiger partial charge in [0, 0.05) is 6.04 Å². The first kappa shape index (κ1) is 11.5. The molecule has 1 N–H and O–H groups in total. The fourth-order valence-electron chi connectivity index (χ4n) is 2.30. The molecular weight excluding hydrogens is 198 g/mol. The zero-order valence-corrected chi connectivity index (χ0v) is 10.0. The Balaban J connectivity index is 1.79. The van der Waals surface area contributed by atoms with Crippen molar-refractivity contribution >= 4 is 0 Å². The first-order valence-electron chi connectivity index (χ1n) is 6.25. The molecule has 0 unspecified atom stereocenters. The summed E-state index contributed by atoms with van der Waals surface area (Å²) >= 11 is 0. The van der Waals surface area contributed by atoms with E-state index in [0.717, 1.165) is 11.8 Å². The highest BCUT2D eigenvalue weighted by Crippen LogP contribution is 2.16.